The van der Waals surface area contributed by atoms with Gasteiger partial charge < -0.3 is 14.8 Å². The van der Waals surface area contributed by atoms with Crippen LogP contribution < -0.4 is 10.1 Å². The lowest BCUT2D eigenvalue weighted by molar-refractivity contribution is -0.143. The van der Waals surface area contributed by atoms with Crippen LogP contribution in [0.5, 0.6) is 5.75 Å². The molecule has 1 N–H and O–H groups in total. The van der Waals surface area contributed by atoms with Crippen molar-refractivity contribution in [3.63, 3.8) is 0 Å². The molecule has 1 aliphatic heterocycles. The molecule has 1 aliphatic rings. The molecule has 0 saturated carbocycles. The van der Waals surface area contributed by atoms with Crippen molar-refractivity contribution in [1.82, 2.24) is 10.2 Å². The molecule has 1 saturated heterocycles. The van der Waals surface area contributed by atoms with E-state index in [0.717, 1.165) is 6.08 Å². The van der Waals surface area contributed by atoms with Crippen LogP contribution in [-0.4, -0.2) is 59.6 Å². The first kappa shape index (κ1) is 20.8. The molecular formula is C17H17FN2O5S2. The average Bonchev–Trinajstić information content (AvgIpc) is 2.96. The Morgan fingerprint density at radius 3 is 2.85 bits per heavy atom. The molecule has 0 radical (unpaired) electrons. The minimum absolute atomic E-state index is 0.0919. The Bertz CT molecular complexity index is 769. The van der Waals surface area contributed by atoms with Gasteiger partial charge in [0.15, 0.2) is 18.2 Å². The summed E-state index contributed by atoms with van der Waals surface area (Å²) in [6.07, 6.45) is 2.45. The SMILES string of the molecule is COc1ccc(/C=C/C(=O)OCC(=O)NCCN2C(=O)CSC2=S)cc1F. The van der Waals surface area contributed by atoms with Crippen molar-refractivity contribution in [2.75, 3.05) is 32.6 Å². The third-order valence-corrected chi connectivity index (χ3v) is 4.86. The Morgan fingerprint density at radius 2 is 2.22 bits per heavy atom. The molecule has 0 atom stereocenters. The van der Waals surface area contributed by atoms with E-state index in [-0.39, 0.29) is 24.7 Å². The predicted octanol–water partition coefficient (Wildman–Crippen LogP) is 1.37. The first-order valence-corrected chi connectivity index (χ1v) is 9.22. The highest BCUT2D eigenvalue weighted by Crippen LogP contribution is 2.19. The number of thioether (sulfide) groups is 1. The number of hydrogen-bond acceptors (Lipinski definition) is 7. The van der Waals surface area contributed by atoms with Crippen molar-refractivity contribution >= 4 is 52.2 Å². The normalized spacial score (nSPS) is 13.9. The second-order valence-electron chi connectivity index (χ2n) is 5.28. The average molecular weight is 412 g/mol. The number of carbonyl (C=O) groups is 3. The molecule has 1 heterocycles. The van der Waals surface area contributed by atoms with E-state index in [1.165, 1.54) is 42.0 Å². The largest absolute Gasteiger partial charge is 0.494 e. The Labute approximate surface area is 164 Å². The van der Waals surface area contributed by atoms with E-state index in [1.807, 2.05) is 0 Å². The minimum atomic E-state index is -0.742. The fourth-order valence-electron chi connectivity index (χ4n) is 2.09. The molecule has 0 aliphatic carbocycles. The van der Waals surface area contributed by atoms with Gasteiger partial charge >= 0.3 is 5.97 Å². The minimum Gasteiger partial charge on any atom is -0.494 e. The molecule has 10 heteroatoms. The summed E-state index contributed by atoms with van der Waals surface area (Å²) in [4.78, 5) is 36.2. The number of nitrogens with zero attached hydrogens (tertiary/aromatic N) is 1. The summed E-state index contributed by atoms with van der Waals surface area (Å²) in [5.41, 5.74) is 0.443. The number of esters is 1. The van der Waals surface area contributed by atoms with Crippen LogP contribution in [0.25, 0.3) is 6.08 Å². The van der Waals surface area contributed by atoms with E-state index in [2.05, 4.69) is 5.32 Å². The molecule has 0 spiro atoms. The maximum Gasteiger partial charge on any atom is 0.331 e. The molecule has 1 aromatic carbocycles. The van der Waals surface area contributed by atoms with Crippen molar-refractivity contribution < 1.29 is 28.2 Å². The summed E-state index contributed by atoms with van der Waals surface area (Å²) in [5.74, 6) is -1.48. The monoisotopic (exact) mass is 412 g/mol. The van der Waals surface area contributed by atoms with Crippen LogP contribution in [0, 0.1) is 5.82 Å². The highest BCUT2D eigenvalue weighted by molar-refractivity contribution is 8.23. The molecule has 2 rings (SSSR count). The van der Waals surface area contributed by atoms with Crippen molar-refractivity contribution in [2.45, 2.75) is 0 Å². The number of rotatable bonds is 8. The van der Waals surface area contributed by atoms with Crippen LogP contribution in [-0.2, 0) is 19.1 Å². The van der Waals surface area contributed by atoms with Gasteiger partial charge in [0.05, 0.1) is 12.9 Å². The van der Waals surface area contributed by atoms with Crippen LogP contribution in [0.3, 0.4) is 0 Å². The van der Waals surface area contributed by atoms with Crippen LogP contribution in [0.15, 0.2) is 24.3 Å². The summed E-state index contributed by atoms with van der Waals surface area (Å²) >= 11 is 6.30. The predicted molar refractivity (Wildman–Crippen MR) is 103 cm³/mol. The highest BCUT2D eigenvalue weighted by Gasteiger charge is 2.25. The van der Waals surface area contributed by atoms with E-state index in [1.54, 1.807) is 6.07 Å². The van der Waals surface area contributed by atoms with Gasteiger partial charge in [-0.15, -0.1) is 0 Å². The molecule has 27 heavy (non-hydrogen) atoms. The number of thiocarbonyl (C=S) groups is 1. The van der Waals surface area contributed by atoms with Gasteiger partial charge in [-0.2, -0.15) is 0 Å². The second-order valence-corrected chi connectivity index (χ2v) is 6.89. The van der Waals surface area contributed by atoms with Gasteiger partial charge in [0.2, 0.25) is 5.91 Å². The van der Waals surface area contributed by atoms with Gasteiger partial charge in [-0.05, 0) is 23.8 Å². The Kier molecular flexibility index (Phi) is 7.74. The standard InChI is InChI=1S/C17H17FN2O5S2/c1-24-13-4-2-11(8-12(13)18)3-5-16(23)25-9-14(21)19-6-7-20-15(22)10-27-17(20)26/h2-5,8H,6-7,9-10H2,1H3,(H,19,21)/b5-3+. The fourth-order valence-corrected chi connectivity index (χ4v) is 3.21. The lowest BCUT2D eigenvalue weighted by Gasteiger charge is -2.14. The van der Waals surface area contributed by atoms with Crippen molar-refractivity contribution in [1.29, 1.82) is 0 Å². The van der Waals surface area contributed by atoms with Gasteiger partial charge in [0.25, 0.3) is 5.91 Å². The quantitative estimate of drug-likeness (QED) is 0.392. The summed E-state index contributed by atoms with van der Waals surface area (Å²) < 4.78 is 23.6. The van der Waals surface area contributed by atoms with E-state index < -0.39 is 24.3 Å². The molecule has 0 aromatic heterocycles. The Morgan fingerprint density at radius 1 is 1.44 bits per heavy atom. The number of benzene rings is 1. The Balaban J connectivity index is 1.70. The molecule has 1 fully saturated rings. The van der Waals surface area contributed by atoms with E-state index in [4.69, 9.17) is 21.7 Å². The number of methoxy groups -OCH3 is 1. The zero-order valence-electron chi connectivity index (χ0n) is 14.4. The fraction of sp³-hybridized carbons (Fsp3) is 0.294. The number of nitrogens with one attached hydrogen (secondary N) is 1. The summed E-state index contributed by atoms with van der Waals surface area (Å²) in [7, 11) is 1.35. The Hall–Kier alpha value is -2.46. The molecule has 7 nitrogen and oxygen atoms in total. The first-order valence-electron chi connectivity index (χ1n) is 7.83. The molecular weight excluding hydrogens is 395 g/mol. The molecule has 144 valence electrons. The third-order valence-electron chi connectivity index (χ3n) is 3.43. The van der Waals surface area contributed by atoms with Gasteiger partial charge in [-0.1, -0.05) is 30.0 Å². The lowest BCUT2D eigenvalue weighted by atomic mass is 10.2. The molecule has 0 bridgehead atoms. The third kappa shape index (κ3) is 6.33. The topological polar surface area (TPSA) is 84.9 Å². The van der Waals surface area contributed by atoms with E-state index >= 15 is 0 Å². The molecule has 1 aromatic rings. The zero-order chi connectivity index (χ0) is 19.8. The van der Waals surface area contributed by atoms with Gasteiger partial charge in [0.1, 0.15) is 4.32 Å². The van der Waals surface area contributed by atoms with Crippen molar-refractivity contribution in [2.24, 2.45) is 0 Å². The van der Waals surface area contributed by atoms with E-state index in [9.17, 15) is 18.8 Å². The maximum absolute atomic E-state index is 13.5. The highest BCUT2D eigenvalue weighted by atomic mass is 32.2. The molecule has 2 amide bonds. The first-order chi connectivity index (χ1) is 12.9. The summed E-state index contributed by atoms with van der Waals surface area (Å²) in [6, 6.07) is 4.21. The summed E-state index contributed by atoms with van der Waals surface area (Å²) in [5, 5.41) is 2.53. The maximum atomic E-state index is 13.5. The van der Waals surface area contributed by atoms with Crippen molar-refractivity contribution in [3.8, 4) is 5.75 Å². The summed E-state index contributed by atoms with van der Waals surface area (Å²) in [6.45, 7) is 0.00433. The number of ether oxygens (including phenoxy) is 2. The van der Waals surface area contributed by atoms with Gasteiger partial charge in [0, 0.05) is 19.2 Å². The molecule has 0 unspecified atom stereocenters. The van der Waals surface area contributed by atoms with Crippen LogP contribution in [0.1, 0.15) is 5.56 Å². The number of halogens is 1. The van der Waals surface area contributed by atoms with Crippen LogP contribution in [0.4, 0.5) is 4.39 Å². The number of carbonyl (C=O) groups excluding carboxylic acids is 3. The van der Waals surface area contributed by atoms with Crippen LogP contribution in [0.2, 0.25) is 0 Å². The number of amides is 2. The smallest absolute Gasteiger partial charge is 0.331 e. The van der Waals surface area contributed by atoms with E-state index in [0.29, 0.717) is 15.6 Å². The van der Waals surface area contributed by atoms with Gasteiger partial charge in [-0.3, -0.25) is 14.5 Å². The van der Waals surface area contributed by atoms with Gasteiger partial charge in [-0.25, -0.2) is 9.18 Å². The second kappa shape index (κ2) is 10.0. The van der Waals surface area contributed by atoms with Crippen LogP contribution >= 0.6 is 24.0 Å². The number of hydrogen-bond donors (Lipinski definition) is 1. The zero-order valence-corrected chi connectivity index (χ0v) is 16.0. The lowest BCUT2D eigenvalue weighted by Crippen LogP contribution is -2.38. The van der Waals surface area contributed by atoms with Crippen molar-refractivity contribution in [3.05, 3.63) is 35.7 Å².